The van der Waals surface area contributed by atoms with Gasteiger partial charge in [0.25, 0.3) is 0 Å². The number of halogens is 1. The quantitative estimate of drug-likeness (QED) is 0.739. The second-order valence-corrected chi connectivity index (χ2v) is 6.44. The highest BCUT2D eigenvalue weighted by Crippen LogP contribution is 2.33. The maximum atomic E-state index is 9.75. The minimum Gasteiger partial charge on any atom is -0.504 e. The van der Waals surface area contributed by atoms with Crippen LogP contribution in [0.2, 0.25) is 5.02 Å². The van der Waals surface area contributed by atoms with E-state index in [0.717, 1.165) is 22.5 Å². The van der Waals surface area contributed by atoms with Gasteiger partial charge in [-0.05, 0) is 48.4 Å². The highest BCUT2D eigenvalue weighted by Gasteiger charge is 2.17. The Labute approximate surface area is 146 Å². The number of hydrogen-bond acceptors (Lipinski definition) is 3. The van der Waals surface area contributed by atoms with Gasteiger partial charge in [-0.25, -0.2) is 0 Å². The molecule has 1 unspecified atom stereocenters. The Bertz CT molecular complexity index is 873. The number of aryl methyl sites for hydroxylation is 1. The van der Waals surface area contributed by atoms with E-state index in [-0.39, 0.29) is 11.7 Å². The smallest absolute Gasteiger partial charge is 0.160 e. The molecular formula is C19H21ClN2O2. The molecule has 0 radical (unpaired) electrons. The Kier molecular flexibility index (Phi) is 4.69. The van der Waals surface area contributed by atoms with Crippen molar-refractivity contribution in [1.82, 2.24) is 4.57 Å². The first-order valence-corrected chi connectivity index (χ1v) is 8.21. The Morgan fingerprint density at radius 3 is 2.75 bits per heavy atom. The van der Waals surface area contributed by atoms with Gasteiger partial charge in [0, 0.05) is 35.1 Å². The first-order valence-electron chi connectivity index (χ1n) is 7.84. The van der Waals surface area contributed by atoms with Gasteiger partial charge in [0.05, 0.1) is 7.11 Å². The third kappa shape index (κ3) is 3.07. The van der Waals surface area contributed by atoms with E-state index >= 15 is 0 Å². The van der Waals surface area contributed by atoms with Crippen molar-refractivity contribution in [1.29, 1.82) is 0 Å². The minimum absolute atomic E-state index is 0.144. The van der Waals surface area contributed by atoms with Gasteiger partial charge in [0.15, 0.2) is 11.5 Å². The molecule has 2 aromatic carbocycles. The van der Waals surface area contributed by atoms with Crippen LogP contribution in [0, 0.1) is 0 Å². The molecule has 126 valence electrons. The highest BCUT2D eigenvalue weighted by molar-refractivity contribution is 6.31. The van der Waals surface area contributed by atoms with Gasteiger partial charge in [0.2, 0.25) is 0 Å². The average Bonchev–Trinajstić information content (AvgIpc) is 2.90. The molecule has 0 aliphatic carbocycles. The van der Waals surface area contributed by atoms with Crippen LogP contribution in [0.5, 0.6) is 11.5 Å². The lowest BCUT2D eigenvalue weighted by Crippen LogP contribution is -2.15. The molecule has 0 amide bonds. The lowest BCUT2D eigenvalue weighted by atomic mass is 9.91. The molecule has 5 heteroatoms. The fraction of sp³-hybridized carbons (Fsp3) is 0.263. The predicted octanol–water partition coefficient (Wildman–Crippen LogP) is 3.83. The summed E-state index contributed by atoms with van der Waals surface area (Å²) < 4.78 is 7.27. The number of rotatable bonds is 5. The molecule has 1 heterocycles. The van der Waals surface area contributed by atoms with Crippen LogP contribution >= 0.6 is 11.6 Å². The monoisotopic (exact) mass is 344 g/mol. The number of methoxy groups -OCH3 is 1. The summed E-state index contributed by atoms with van der Waals surface area (Å²) in [6.07, 6.45) is 2.89. The molecule has 0 aliphatic heterocycles. The first-order chi connectivity index (χ1) is 11.5. The molecule has 24 heavy (non-hydrogen) atoms. The lowest BCUT2D eigenvalue weighted by Gasteiger charge is -2.15. The number of benzene rings is 2. The number of aromatic hydroxyl groups is 1. The SMILES string of the molecule is COc1cc(CC(CN)c2cn(C)c3cc(Cl)ccc23)ccc1O. The molecular weight excluding hydrogens is 324 g/mol. The Morgan fingerprint density at radius 1 is 1.25 bits per heavy atom. The highest BCUT2D eigenvalue weighted by atomic mass is 35.5. The summed E-state index contributed by atoms with van der Waals surface area (Å²) in [6, 6.07) is 11.3. The van der Waals surface area contributed by atoms with E-state index < -0.39 is 0 Å². The third-order valence-electron chi connectivity index (χ3n) is 4.43. The van der Waals surface area contributed by atoms with Crippen LogP contribution in [0.25, 0.3) is 10.9 Å². The van der Waals surface area contributed by atoms with E-state index in [4.69, 9.17) is 22.1 Å². The minimum atomic E-state index is 0.144. The van der Waals surface area contributed by atoms with Gasteiger partial charge >= 0.3 is 0 Å². The number of fused-ring (bicyclic) bond motifs is 1. The van der Waals surface area contributed by atoms with E-state index in [2.05, 4.69) is 10.8 Å². The summed E-state index contributed by atoms with van der Waals surface area (Å²) in [6.45, 7) is 0.533. The number of phenols is 1. The molecule has 3 aromatic rings. The zero-order valence-corrected chi connectivity index (χ0v) is 14.5. The fourth-order valence-electron chi connectivity index (χ4n) is 3.17. The molecule has 0 spiro atoms. The van der Waals surface area contributed by atoms with E-state index in [1.807, 2.05) is 37.4 Å². The van der Waals surface area contributed by atoms with Crippen LogP contribution in [0.3, 0.4) is 0 Å². The molecule has 0 aliphatic rings. The lowest BCUT2D eigenvalue weighted by molar-refractivity contribution is 0.373. The largest absolute Gasteiger partial charge is 0.504 e. The van der Waals surface area contributed by atoms with Crippen molar-refractivity contribution in [3.05, 3.63) is 58.7 Å². The molecule has 0 saturated heterocycles. The maximum Gasteiger partial charge on any atom is 0.160 e. The van der Waals surface area contributed by atoms with Crippen molar-refractivity contribution < 1.29 is 9.84 Å². The molecule has 1 aromatic heterocycles. The number of aromatic nitrogens is 1. The molecule has 4 nitrogen and oxygen atoms in total. The molecule has 0 saturated carbocycles. The zero-order chi connectivity index (χ0) is 17.3. The van der Waals surface area contributed by atoms with Gasteiger partial charge < -0.3 is 20.1 Å². The van der Waals surface area contributed by atoms with Crippen molar-refractivity contribution in [3.63, 3.8) is 0 Å². The van der Waals surface area contributed by atoms with Crippen LogP contribution in [0.4, 0.5) is 0 Å². The van der Waals surface area contributed by atoms with E-state index in [1.54, 1.807) is 13.2 Å². The number of nitrogens with zero attached hydrogens (tertiary/aromatic N) is 1. The van der Waals surface area contributed by atoms with Crippen molar-refractivity contribution in [3.8, 4) is 11.5 Å². The van der Waals surface area contributed by atoms with E-state index in [1.165, 1.54) is 10.9 Å². The van der Waals surface area contributed by atoms with Crippen LogP contribution in [0.15, 0.2) is 42.6 Å². The van der Waals surface area contributed by atoms with Crippen LogP contribution < -0.4 is 10.5 Å². The number of ether oxygens (including phenoxy) is 1. The molecule has 1 atom stereocenters. The van der Waals surface area contributed by atoms with E-state index in [9.17, 15) is 5.11 Å². The van der Waals surface area contributed by atoms with Gasteiger partial charge in [-0.1, -0.05) is 23.7 Å². The molecule has 3 N–H and O–H groups in total. The van der Waals surface area contributed by atoms with Gasteiger partial charge in [0.1, 0.15) is 0 Å². The Morgan fingerprint density at radius 2 is 2.04 bits per heavy atom. The Balaban J connectivity index is 1.98. The predicted molar refractivity (Wildman–Crippen MR) is 98.1 cm³/mol. The van der Waals surface area contributed by atoms with Crippen LogP contribution in [-0.2, 0) is 13.5 Å². The van der Waals surface area contributed by atoms with Crippen molar-refractivity contribution in [2.75, 3.05) is 13.7 Å². The van der Waals surface area contributed by atoms with Crippen molar-refractivity contribution in [2.24, 2.45) is 12.8 Å². The van der Waals surface area contributed by atoms with Gasteiger partial charge in [-0.3, -0.25) is 0 Å². The summed E-state index contributed by atoms with van der Waals surface area (Å²) in [7, 11) is 3.56. The Hall–Kier alpha value is -2.17. The molecule has 3 rings (SSSR count). The fourth-order valence-corrected chi connectivity index (χ4v) is 3.33. The molecule has 0 fully saturated rings. The maximum absolute atomic E-state index is 9.75. The van der Waals surface area contributed by atoms with Crippen LogP contribution in [-0.4, -0.2) is 23.3 Å². The van der Waals surface area contributed by atoms with Crippen LogP contribution in [0.1, 0.15) is 17.0 Å². The van der Waals surface area contributed by atoms with Gasteiger partial charge in [-0.2, -0.15) is 0 Å². The summed E-state index contributed by atoms with van der Waals surface area (Å²) in [5.41, 5.74) is 9.45. The van der Waals surface area contributed by atoms with Crippen molar-refractivity contribution >= 4 is 22.5 Å². The number of phenolic OH excluding ortho intramolecular Hbond substituents is 1. The topological polar surface area (TPSA) is 60.4 Å². The first kappa shape index (κ1) is 16.7. The summed E-state index contributed by atoms with van der Waals surface area (Å²) >= 11 is 6.12. The summed E-state index contributed by atoms with van der Waals surface area (Å²) in [4.78, 5) is 0. The second-order valence-electron chi connectivity index (χ2n) is 6.00. The summed E-state index contributed by atoms with van der Waals surface area (Å²) in [5, 5.41) is 11.6. The normalized spacial score (nSPS) is 12.5. The summed E-state index contributed by atoms with van der Waals surface area (Å²) in [5.74, 6) is 0.794. The second kappa shape index (κ2) is 6.75. The zero-order valence-electron chi connectivity index (χ0n) is 13.8. The average molecular weight is 345 g/mol. The van der Waals surface area contributed by atoms with Gasteiger partial charge in [-0.15, -0.1) is 0 Å². The molecule has 0 bridgehead atoms. The number of hydrogen-bond donors (Lipinski definition) is 2. The standard InChI is InChI=1S/C19H21ClN2O2/c1-22-11-16(15-5-4-14(20)9-17(15)22)13(10-21)7-12-3-6-18(23)19(8-12)24-2/h3-6,8-9,11,13,23H,7,10,21H2,1-2H3. The third-order valence-corrected chi connectivity index (χ3v) is 4.67. The number of nitrogens with two attached hydrogens (primary N) is 1. The van der Waals surface area contributed by atoms with E-state index in [0.29, 0.717) is 12.3 Å². The van der Waals surface area contributed by atoms with Crippen molar-refractivity contribution in [2.45, 2.75) is 12.3 Å².